The van der Waals surface area contributed by atoms with Crippen LogP contribution >= 0.6 is 0 Å². The van der Waals surface area contributed by atoms with Crippen molar-refractivity contribution in [2.75, 3.05) is 13.7 Å². The Hall–Kier alpha value is -3.55. The van der Waals surface area contributed by atoms with Gasteiger partial charge in [-0.05, 0) is 24.3 Å². The molecule has 0 bridgehead atoms. The summed E-state index contributed by atoms with van der Waals surface area (Å²) in [4.78, 5) is 35.2. The quantitative estimate of drug-likeness (QED) is 0.530. The van der Waals surface area contributed by atoms with E-state index in [1.807, 2.05) is 0 Å². The van der Waals surface area contributed by atoms with Crippen molar-refractivity contribution in [3.05, 3.63) is 64.4 Å². The van der Waals surface area contributed by atoms with Crippen LogP contribution in [0.4, 0.5) is 0 Å². The molecule has 2 aromatic heterocycles. The molecule has 0 unspecified atom stereocenters. The monoisotopic (exact) mass is 357 g/mol. The Morgan fingerprint density at radius 2 is 2.04 bits per heavy atom. The van der Waals surface area contributed by atoms with Crippen molar-refractivity contribution in [1.29, 1.82) is 0 Å². The number of furan rings is 1. The van der Waals surface area contributed by atoms with Gasteiger partial charge >= 0.3 is 11.6 Å². The van der Waals surface area contributed by atoms with Gasteiger partial charge in [0.1, 0.15) is 24.5 Å². The maximum Gasteiger partial charge on any atom is 0.336 e. The van der Waals surface area contributed by atoms with Gasteiger partial charge < -0.3 is 23.6 Å². The van der Waals surface area contributed by atoms with E-state index in [1.54, 1.807) is 24.3 Å². The minimum absolute atomic E-state index is 0.0957. The van der Waals surface area contributed by atoms with E-state index in [4.69, 9.17) is 18.3 Å². The molecule has 1 amide bonds. The predicted octanol–water partition coefficient (Wildman–Crippen LogP) is 1.87. The van der Waals surface area contributed by atoms with Gasteiger partial charge in [-0.1, -0.05) is 0 Å². The first-order valence-corrected chi connectivity index (χ1v) is 7.65. The van der Waals surface area contributed by atoms with E-state index in [0.29, 0.717) is 22.3 Å². The molecule has 0 spiro atoms. The van der Waals surface area contributed by atoms with Gasteiger partial charge in [-0.3, -0.25) is 9.59 Å². The second-order valence-corrected chi connectivity index (χ2v) is 5.27. The molecule has 0 aliphatic heterocycles. The average Bonchev–Trinajstić information content (AvgIpc) is 3.18. The summed E-state index contributed by atoms with van der Waals surface area (Å²) in [5.74, 6) is -0.543. The summed E-state index contributed by atoms with van der Waals surface area (Å²) in [5.41, 5.74) is 0.251. The number of rotatable bonds is 6. The number of carbonyl (C=O) groups excluding carboxylic acids is 2. The number of hydrogen-bond acceptors (Lipinski definition) is 7. The van der Waals surface area contributed by atoms with Crippen molar-refractivity contribution >= 4 is 22.8 Å². The fourth-order valence-electron chi connectivity index (χ4n) is 2.31. The highest BCUT2D eigenvalue weighted by atomic mass is 16.5. The van der Waals surface area contributed by atoms with Crippen molar-refractivity contribution in [3.8, 4) is 5.75 Å². The van der Waals surface area contributed by atoms with E-state index in [9.17, 15) is 14.4 Å². The zero-order chi connectivity index (χ0) is 18.5. The molecular formula is C18H15NO7. The molecular weight excluding hydrogens is 342 g/mol. The molecule has 0 saturated carbocycles. The number of carbonyl (C=O) groups is 2. The molecule has 26 heavy (non-hydrogen) atoms. The van der Waals surface area contributed by atoms with Crippen LogP contribution in [0.5, 0.6) is 5.75 Å². The Morgan fingerprint density at radius 1 is 1.19 bits per heavy atom. The fourth-order valence-corrected chi connectivity index (χ4v) is 2.31. The molecule has 3 aromatic rings. The number of hydrogen-bond donors (Lipinski definition) is 1. The SMILES string of the molecule is COc1ccc2c(COC(=O)CNC(=O)c3ccco3)cc(=O)oc2c1. The molecule has 0 atom stereocenters. The summed E-state index contributed by atoms with van der Waals surface area (Å²) in [6.45, 7) is -0.462. The third kappa shape index (κ3) is 3.92. The maximum atomic E-state index is 11.8. The lowest BCUT2D eigenvalue weighted by atomic mass is 10.1. The van der Waals surface area contributed by atoms with Gasteiger partial charge in [-0.2, -0.15) is 0 Å². The molecule has 134 valence electrons. The van der Waals surface area contributed by atoms with Gasteiger partial charge in [0.15, 0.2) is 5.76 Å². The number of nitrogens with one attached hydrogen (secondary N) is 1. The smallest absolute Gasteiger partial charge is 0.336 e. The molecule has 0 aliphatic carbocycles. The summed E-state index contributed by atoms with van der Waals surface area (Å²) in [5, 5.41) is 3.00. The molecule has 0 radical (unpaired) electrons. The van der Waals surface area contributed by atoms with Crippen LogP contribution in [-0.2, 0) is 16.1 Å². The van der Waals surface area contributed by atoms with E-state index >= 15 is 0 Å². The van der Waals surface area contributed by atoms with Gasteiger partial charge in [-0.15, -0.1) is 0 Å². The van der Waals surface area contributed by atoms with Crippen molar-refractivity contribution in [2.45, 2.75) is 6.61 Å². The predicted molar refractivity (Wildman–Crippen MR) is 89.9 cm³/mol. The minimum atomic E-state index is -0.653. The van der Waals surface area contributed by atoms with E-state index < -0.39 is 17.5 Å². The van der Waals surface area contributed by atoms with Gasteiger partial charge in [0, 0.05) is 23.1 Å². The summed E-state index contributed by atoms with van der Waals surface area (Å²) in [6, 6.07) is 9.28. The molecule has 0 aliphatic rings. The number of methoxy groups -OCH3 is 1. The lowest BCUT2D eigenvalue weighted by Crippen LogP contribution is -2.30. The molecule has 2 heterocycles. The number of benzene rings is 1. The van der Waals surface area contributed by atoms with Crippen LogP contribution in [0, 0.1) is 0 Å². The number of ether oxygens (including phenoxy) is 2. The standard InChI is InChI=1S/C18H15NO7/c1-23-12-4-5-13-11(7-16(20)26-15(13)8-12)10-25-17(21)9-19-18(22)14-3-2-6-24-14/h2-8H,9-10H2,1H3,(H,19,22). The van der Waals surface area contributed by atoms with Gasteiger partial charge in [0.05, 0.1) is 13.4 Å². The second-order valence-electron chi connectivity index (χ2n) is 5.27. The fraction of sp³-hybridized carbons (Fsp3) is 0.167. The highest BCUT2D eigenvalue weighted by Gasteiger charge is 2.13. The first kappa shape index (κ1) is 17.3. The topological polar surface area (TPSA) is 108 Å². The highest BCUT2D eigenvalue weighted by molar-refractivity contribution is 5.93. The molecule has 1 aromatic carbocycles. The van der Waals surface area contributed by atoms with Crippen LogP contribution in [0.2, 0.25) is 0 Å². The molecule has 3 rings (SSSR count). The summed E-state index contributed by atoms with van der Waals surface area (Å²) in [6.07, 6.45) is 1.36. The van der Waals surface area contributed by atoms with Crippen LogP contribution in [0.1, 0.15) is 16.1 Å². The van der Waals surface area contributed by atoms with E-state index in [0.717, 1.165) is 0 Å². The average molecular weight is 357 g/mol. The van der Waals surface area contributed by atoms with Gasteiger partial charge in [-0.25, -0.2) is 4.79 Å². The van der Waals surface area contributed by atoms with Crippen molar-refractivity contribution in [3.63, 3.8) is 0 Å². The lowest BCUT2D eigenvalue weighted by Gasteiger charge is -2.08. The zero-order valence-electron chi connectivity index (χ0n) is 13.8. The van der Waals surface area contributed by atoms with E-state index in [1.165, 1.54) is 25.5 Å². The maximum absolute atomic E-state index is 11.8. The number of esters is 1. The Balaban J connectivity index is 1.64. The normalized spacial score (nSPS) is 10.5. The third-order valence-electron chi connectivity index (χ3n) is 3.56. The third-order valence-corrected chi connectivity index (χ3v) is 3.56. The zero-order valence-corrected chi connectivity index (χ0v) is 13.8. The Kier molecular flexibility index (Phi) is 5.02. The second kappa shape index (κ2) is 7.56. The largest absolute Gasteiger partial charge is 0.497 e. The van der Waals surface area contributed by atoms with Crippen LogP contribution in [-0.4, -0.2) is 25.5 Å². The van der Waals surface area contributed by atoms with E-state index in [2.05, 4.69) is 5.32 Å². The highest BCUT2D eigenvalue weighted by Crippen LogP contribution is 2.22. The molecule has 0 fully saturated rings. The van der Waals surface area contributed by atoms with Crippen LogP contribution in [0.25, 0.3) is 11.0 Å². The van der Waals surface area contributed by atoms with Crippen LogP contribution in [0.15, 0.2) is 56.3 Å². The van der Waals surface area contributed by atoms with Gasteiger partial charge in [0.2, 0.25) is 0 Å². The van der Waals surface area contributed by atoms with Crippen molar-refractivity contribution in [2.24, 2.45) is 0 Å². The molecule has 8 heteroatoms. The summed E-state index contributed by atoms with van der Waals surface area (Å²) >= 11 is 0. The first-order valence-electron chi connectivity index (χ1n) is 7.65. The molecule has 0 saturated heterocycles. The Labute approximate surface area is 147 Å². The van der Waals surface area contributed by atoms with E-state index in [-0.39, 0.29) is 18.9 Å². The summed E-state index contributed by atoms with van der Waals surface area (Å²) in [7, 11) is 1.50. The molecule has 8 nitrogen and oxygen atoms in total. The van der Waals surface area contributed by atoms with Crippen molar-refractivity contribution < 1.29 is 27.9 Å². The minimum Gasteiger partial charge on any atom is -0.497 e. The number of amides is 1. The van der Waals surface area contributed by atoms with Crippen LogP contribution < -0.4 is 15.7 Å². The Morgan fingerprint density at radius 3 is 2.77 bits per heavy atom. The number of fused-ring (bicyclic) bond motifs is 1. The van der Waals surface area contributed by atoms with Gasteiger partial charge in [0.25, 0.3) is 5.91 Å². The van der Waals surface area contributed by atoms with Crippen LogP contribution in [0.3, 0.4) is 0 Å². The lowest BCUT2D eigenvalue weighted by molar-refractivity contribution is -0.143. The Bertz CT molecular complexity index is 988. The summed E-state index contributed by atoms with van der Waals surface area (Å²) < 4.78 is 20.3. The first-order chi connectivity index (χ1) is 12.6. The molecule has 1 N–H and O–H groups in total. The van der Waals surface area contributed by atoms with Crippen molar-refractivity contribution in [1.82, 2.24) is 5.32 Å².